The van der Waals surface area contributed by atoms with E-state index in [-0.39, 0.29) is 23.2 Å². The minimum absolute atomic E-state index is 0.0713. The minimum atomic E-state index is -0.388. The van der Waals surface area contributed by atoms with Gasteiger partial charge in [-0.25, -0.2) is 9.07 Å². The van der Waals surface area contributed by atoms with Gasteiger partial charge >= 0.3 is 0 Å². The number of hydrogen-bond donors (Lipinski definition) is 1. The SMILES string of the molecule is O=C(N[C@@H]1CCCc2c1cnn2-c1ccccc1F)C1(c2ccccc2)CC1. The standard InChI is InChI=1S/C23H22FN3O/c24-18-9-4-5-11-21(18)27-20-12-6-10-19(17(20)15-25-27)26-22(28)23(13-14-23)16-7-2-1-3-8-16/h1-5,7-9,11,15,19H,6,10,12-14H2,(H,26,28)/t19-/m1/s1. The number of nitrogens with zero attached hydrogens (tertiary/aromatic N) is 2. The molecule has 2 aliphatic rings. The summed E-state index contributed by atoms with van der Waals surface area (Å²) in [6.07, 6.45) is 6.21. The van der Waals surface area contributed by atoms with Gasteiger partial charge in [0.15, 0.2) is 0 Å². The molecule has 5 rings (SSSR count). The fourth-order valence-corrected chi connectivity index (χ4v) is 4.36. The molecule has 28 heavy (non-hydrogen) atoms. The smallest absolute Gasteiger partial charge is 0.231 e. The summed E-state index contributed by atoms with van der Waals surface area (Å²) < 4.78 is 15.9. The van der Waals surface area contributed by atoms with Gasteiger partial charge in [0.05, 0.1) is 17.7 Å². The van der Waals surface area contributed by atoms with Crippen molar-refractivity contribution >= 4 is 5.91 Å². The Morgan fingerprint density at radius 1 is 1.11 bits per heavy atom. The topological polar surface area (TPSA) is 46.9 Å². The Hall–Kier alpha value is -2.95. The van der Waals surface area contributed by atoms with Gasteiger partial charge in [0.1, 0.15) is 11.5 Å². The van der Waals surface area contributed by atoms with Crippen LogP contribution in [0.1, 0.15) is 48.5 Å². The number of carbonyl (C=O) groups is 1. The lowest BCUT2D eigenvalue weighted by molar-refractivity contribution is -0.124. The molecule has 1 amide bonds. The van der Waals surface area contributed by atoms with Crippen molar-refractivity contribution in [1.82, 2.24) is 15.1 Å². The third-order valence-corrected chi connectivity index (χ3v) is 6.08. The van der Waals surface area contributed by atoms with Crippen LogP contribution in [-0.2, 0) is 16.6 Å². The summed E-state index contributed by atoms with van der Waals surface area (Å²) in [5.41, 5.74) is 3.16. The Balaban J connectivity index is 1.42. The summed E-state index contributed by atoms with van der Waals surface area (Å²) in [5.74, 6) is -0.198. The Kier molecular flexibility index (Phi) is 4.04. The molecule has 1 heterocycles. The summed E-state index contributed by atoms with van der Waals surface area (Å²) in [6, 6.07) is 16.6. The number of benzene rings is 2. The van der Waals surface area contributed by atoms with E-state index in [1.165, 1.54) is 6.07 Å². The van der Waals surface area contributed by atoms with E-state index in [0.29, 0.717) is 5.69 Å². The first kappa shape index (κ1) is 17.2. The van der Waals surface area contributed by atoms with E-state index in [1.807, 2.05) is 36.4 Å². The lowest BCUT2D eigenvalue weighted by Gasteiger charge is -2.26. The van der Waals surface area contributed by atoms with Crippen LogP contribution >= 0.6 is 0 Å². The van der Waals surface area contributed by atoms with Gasteiger partial charge in [-0.1, -0.05) is 42.5 Å². The Bertz CT molecular complexity index is 1020. The molecule has 5 heteroatoms. The fraction of sp³-hybridized carbons (Fsp3) is 0.304. The van der Waals surface area contributed by atoms with E-state index >= 15 is 0 Å². The third-order valence-electron chi connectivity index (χ3n) is 6.08. The molecule has 0 aliphatic heterocycles. The predicted octanol–water partition coefficient (Wildman–Crippen LogP) is 4.24. The van der Waals surface area contributed by atoms with Crippen LogP contribution in [0.5, 0.6) is 0 Å². The monoisotopic (exact) mass is 375 g/mol. The number of carbonyl (C=O) groups excluding carboxylic acids is 1. The zero-order valence-electron chi connectivity index (χ0n) is 15.6. The first-order chi connectivity index (χ1) is 13.7. The molecule has 0 radical (unpaired) electrons. The van der Waals surface area contributed by atoms with Crippen molar-refractivity contribution in [3.63, 3.8) is 0 Å². The number of nitrogens with one attached hydrogen (secondary N) is 1. The Labute approximate surface area is 163 Å². The quantitative estimate of drug-likeness (QED) is 0.742. The van der Waals surface area contributed by atoms with Crippen molar-refractivity contribution in [1.29, 1.82) is 0 Å². The zero-order valence-corrected chi connectivity index (χ0v) is 15.6. The van der Waals surface area contributed by atoms with E-state index in [4.69, 9.17) is 0 Å². The molecular weight excluding hydrogens is 353 g/mol. The third kappa shape index (κ3) is 2.73. The summed E-state index contributed by atoms with van der Waals surface area (Å²) >= 11 is 0. The van der Waals surface area contributed by atoms with Gasteiger partial charge in [-0.3, -0.25) is 4.79 Å². The fourth-order valence-electron chi connectivity index (χ4n) is 4.36. The van der Waals surface area contributed by atoms with Crippen LogP contribution < -0.4 is 5.32 Å². The van der Waals surface area contributed by atoms with Gasteiger partial charge < -0.3 is 5.32 Å². The van der Waals surface area contributed by atoms with Crippen molar-refractivity contribution in [3.05, 3.63) is 83.4 Å². The Morgan fingerprint density at radius 2 is 1.86 bits per heavy atom. The molecule has 2 aromatic carbocycles. The first-order valence-corrected chi connectivity index (χ1v) is 9.87. The molecular formula is C23H22FN3O. The molecule has 0 saturated heterocycles. The maximum Gasteiger partial charge on any atom is 0.231 e. The number of para-hydroxylation sites is 1. The second-order valence-electron chi connectivity index (χ2n) is 7.78. The van der Waals surface area contributed by atoms with Gasteiger partial charge in [-0.2, -0.15) is 5.10 Å². The van der Waals surface area contributed by atoms with Crippen molar-refractivity contribution in [3.8, 4) is 5.69 Å². The van der Waals surface area contributed by atoms with Crippen LogP contribution in [0, 0.1) is 5.82 Å². The largest absolute Gasteiger partial charge is 0.348 e. The molecule has 142 valence electrons. The van der Waals surface area contributed by atoms with Gasteiger partial charge in [0.2, 0.25) is 5.91 Å². The van der Waals surface area contributed by atoms with Gasteiger partial charge in [-0.15, -0.1) is 0 Å². The van der Waals surface area contributed by atoms with Gasteiger partial charge in [-0.05, 0) is 49.8 Å². The molecule has 1 N–H and O–H groups in total. The van der Waals surface area contributed by atoms with E-state index in [0.717, 1.165) is 48.9 Å². The van der Waals surface area contributed by atoms with Crippen LogP contribution in [0.3, 0.4) is 0 Å². The van der Waals surface area contributed by atoms with Gasteiger partial charge in [0, 0.05) is 11.3 Å². The van der Waals surface area contributed by atoms with Crippen molar-refractivity contribution in [2.75, 3.05) is 0 Å². The van der Waals surface area contributed by atoms with E-state index in [1.54, 1.807) is 23.0 Å². The zero-order chi connectivity index (χ0) is 19.1. The molecule has 1 atom stereocenters. The maximum absolute atomic E-state index is 14.3. The lowest BCUT2D eigenvalue weighted by atomic mass is 9.90. The summed E-state index contributed by atoms with van der Waals surface area (Å²) in [5, 5.41) is 7.72. The number of amides is 1. The predicted molar refractivity (Wildman–Crippen MR) is 105 cm³/mol. The van der Waals surface area contributed by atoms with Crippen LogP contribution in [-0.4, -0.2) is 15.7 Å². The second kappa shape index (κ2) is 6.59. The molecule has 1 saturated carbocycles. The summed E-state index contributed by atoms with van der Waals surface area (Å²) in [6.45, 7) is 0. The first-order valence-electron chi connectivity index (χ1n) is 9.87. The van der Waals surface area contributed by atoms with Crippen LogP contribution in [0.15, 0.2) is 60.8 Å². The second-order valence-corrected chi connectivity index (χ2v) is 7.78. The van der Waals surface area contributed by atoms with Gasteiger partial charge in [0.25, 0.3) is 0 Å². The Morgan fingerprint density at radius 3 is 2.61 bits per heavy atom. The average molecular weight is 375 g/mol. The molecule has 2 aliphatic carbocycles. The number of halogens is 1. The molecule has 0 spiro atoms. The van der Waals surface area contributed by atoms with Crippen molar-refractivity contribution in [2.45, 2.75) is 43.6 Å². The lowest BCUT2D eigenvalue weighted by Crippen LogP contribution is -2.38. The molecule has 0 bridgehead atoms. The molecule has 1 aromatic heterocycles. The van der Waals surface area contributed by atoms with E-state index in [9.17, 15) is 9.18 Å². The number of rotatable bonds is 4. The van der Waals surface area contributed by atoms with E-state index in [2.05, 4.69) is 10.4 Å². The average Bonchev–Trinajstić information content (AvgIpc) is 3.43. The summed E-state index contributed by atoms with van der Waals surface area (Å²) in [7, 11) is 0. The molecule has 4 nitrogen and oxygen atoms in total. The normalized spacial score (nSPS) is 19.7. The maximum atomic E-state index is 14.3. The van der Waals surface area contributed by atoms with E-state index < -0.39 is 0 Å². The molecule has 3 aromatic rings. The summed E-state index contributed by atoms with van der Waals surface area (Å²) in [4.78, 5) is 13.1. The van der Waals surface area contributed by atoms with Crippen molar-refractivity contribution < 1.29 is 9.18 Å². The highest BCUT2D eigenvalue weighted by Crippen LogP contribution is 2.49. The molecule has 0 unspecified atom stereocenters. The number of hydrogen-bond acceptors (Lipinski definition) is 2. The van der Waals surface area contributed by atoms with Crippen LogP contribution in [0.4, 0.5) is 4.39 Å². The van der Waals surface area contributed by atoms with Crippen LogP contribution in [0.2, 0.25) is 0 Å². The number of aromatic nitrogens is 2. The minimum Gasteiger partial charge on any atom is -0.348 e. The van der Waals surface area contributed by atoms with Crippen molar-refractivity contribution in [2.24, 2.45) is 0 Å². The highest BCUT2D eigenvalue weighted by Gasteiger charge is 2.51. The highest BCUT2D eigenvalue weighted by molar-refractivity contribution is 5.91. The van der Waals surface area contributed by atoms with Crippen LogP contribution in [0.25, 0.3) is 5.69 Å². The number of fused-ring (bicyclic) bond motifs is 1. The molecule has 1 fully saturated rings. The highest BCUT2D eigenvalue weighted by atomic mass is 19.1.